The van der Waals surface area contributed by atoms with Gasteiger partial charge in [-0.25, -0.2) is 0 Å². The van der Waals surface area contributed by atoms with Crippen LogP contribution < -0.4 is 10.6 Å². The molecule has 2 heterocycles. The van der Waals surface area contributed by atoms with Gasteiger partial charge in [-0.05, 0) is 70.7 Å². The van der Waals surface area contributed by atoms with Crippen molar-refractivity contribution in [1.29, 1.82) is 5.26 Å². The highest BCUT2D eigenvalue weighted by molar-refractivity contribution is 5.96. The second-order valence-corrected chi connectivity index (χ2v) is 10.8. The molecular weight excluding hydrogens is 472 g/mol. The van der Waals surface area contributed by atoms with Gasteiger partial charge in [-0.3, -0.25) is 14.4 Å². The normalized spacial score (nSPS) is 24.0. The van der Waals surface area contributed by atoms with Crippen LogP contribution in [0.2, 0.25) is 0 Å². The third-order valence-electron chi connectivity index (χ3n) is 7.01. The molecule has 37 heavy (non-hydrogen) atoms. The Bertz CT molecular complexity index is 1210. The Morgan fingerprint density at radius 1 is 1.16 bits per heavy atom. The van der Waals surface area contributed by atoms with Crippen molar-refractivity contribution >= 4 is 17.8 Å². The van der Waals surface area contributed by atoms with Gasteiger partial charge < -0.3 is 24.7 Å². The summed E-state index contributed by atoms with van der Waals surface area (Å²) in [5.74, 6) is -0.857. The Morgan fingerprint density at radius 3 is 2.65 bits per heavy atom. The lowest BCUT2D eigenvalue weighted by Gasteiger charge is -2.41. The van der Waals surface area contributed by atoms with Crippen molar-refractivity contribution in [3.63, 3.8) is 0 Å². The van der Waals surface area contributed by atoms with Crippen molar-refractivity contribution in [3.8, 4) is 17.4 Å². The second-order valence-electron chi connectivity index (χ2n) is 10.8. The number of carbonyl (C=O) groups is 3. The molecule has 2 fully saturated rings. The molecule has 196 valence electrons. The number of furan rings is 1. The lowest BCUT2D eigenvalue weighted by atomic mass is 9.80. The monoisotopic (exact) mass is 506 g/mol. The predicted octanol–water partition coefficient (Wildman–Crippen LogP) is 3.25. The minimum Gasteiger partial charge on any atom is -0.469 e. The summed E-state index contributed by atoms with van der Waals surface area (Å²) in [5.41, 5.74) is 1.10. The number of amides is 2. The standard InChI is InChI=1S/C28H34N4O5/c1-28(2,3)31-19-8-9-22(20(15-19)27(35)36-4)32-13-12-21(26(32)34)30-25(33)24-11-10-23(37-24)18-7-5-6-17(14-18)16-29/h5-7,10-11,14,19-22,31H,8-9,12-13,15H2,1-4H3,(H,30,33)/t19-,20-,21?,22+/m1/s1. The van der Waals surface area contributed by atoms with E-state index >= 15 is 0 Å². The van der Waals surface area contributed by atoms with E-state index in [4.69, 9.17) is 14.4 Å². The minimum absolute atomic E-state index is 0.0821. The summed E-state index contributed by atoms with van der Waals surface area (Å²) < 4.78 is 10.8. The van der Waals surface area contributed by atoms with Gasteiger partial charge in [-0.1, -0.05) is 12.1 Å². The molecule has 1 aliphatic heterocycles. The van der Waals surface area contributed by atoms with Crippen LogP contribution >= 0.6 is 0 Å². The molecule has 1 unspecified atom stereocenters. The number of carbonyl (C=O) groups excluding carboxylic acids is 3. The molecule has 1 aromatic carbocycles. The summed E-state index contributed by atoms with van der Waals surface area (Å²) in [7, 11) is 1.38. The van der Waals surface area contributed by atoms with Crippen LogP contribution in [0.4, 0.5) is 0 Å². The quantitative estimate of drug-likeness (QED) is 0.576. The zero-order valence-electron chi connectivity index (χ0n) is 21.7. The molecule has 2 aliphatic rings. The summed E-state index contributed by atoms with van der Waals surface area (Å²) in [6, 6.07) is 11.4. The lowest BCUT2D eigenvalue weighted by Crippen LogP contribution is -2.55. The Hall–Kier alpha value is -3.64. The number of likely N-dealkylation sites (tertiary alicyclic amines) is 1. The van der Waals surface area contributed by atoms with Gasteiger partial charge >= 0.3 is 5.97 Å². The van der Waals surface area contributed by atoms with E-state index in [0.29, 0.717) is 42.7 Å². The van der Waals surface area contributed by atoms with Crippen molar-refractivity contribution in [2.75, 3.05) is 13.7 Å². The van der Waals surface area contributed by atoms with Gasteiger partial charge in [0, 0.05) is 29.7 Å². The smallest absolute Gasteiger partial charge is 0.310 e. The molecule has 0 radical (unpaired) electrons. The van der Waals surface area contributed by atoms with E-state index in [-0.39, 0.29) is 35.3 Å². The average Bonchev–Trinajstić information content (AvgIpc) is 3.50. The molecule has 0 bridgehead atoms. The van der Waals surface area contributed by atoms with E-state index < -0.39 is 17.9 Å². The molecular formula is C28H34N4O5. The summed E-state index contributed by atoms with van der Waals surface area (Å²) in [4.78, 5) is 40.6. The maximum absolute atomic E-state index is 13.3. The van der Waals surface area contributed by atoms with Gasteiger partial charge in [0.15, 0.2) is 5.76 Å². The fourth-order valence-corrected chi connectivity index (χ4v) is 5.43. The van der Waals surface area contributed by atoms with Gasteiger partial charge in [-0.15, -0.1) is 0 Å². The molecule has 9 nitrogen and oxygen atoms in total. The van der Waals surface area contributed by atoms with Crippen LogP contribution in [-0.4, -0.2) is 60.0 Å². The number of esters is 1. The van der Waals surface area contributed by atoms with Crippen molar-refractivity contribution in [1.82, 2.24) is 15.5 Å². The molecule has 0 spiro atoms. The van der Waals surface area contributed by atoms with Crippen LogP contribution in [0.5, 0.6) is 0 Å². The van der Waals surface area contributed by atoms with Crippen LogP contribution in [0.25, 0.3) is 11.3 Å². The molecule has 1 saturated carbocycles. The average molecular weight is 507 g/mol. The topological polar surface area (TPSA) is 125 Å². The first-order valence-electron chi connectivity index (χ1n) is 12.7. The Morgan fingerprint density at radius 2 is 1.95 bits per heavy atom. The maximum atomic E-state index is 13.3. The number of nitrogens with zero attached hydrogens (tertiary/aromatic N) is 2. The zero-order valence-corrected chi connectivity index (χ0v) is 21.7. The van der Waals surface area contributed by atoms with Crippen LogP contribution in [0.15, 0.2) is 40.8 Å². The van der Waals surface area contributed by atoms with Gasteiger partial charge in [0.1, 0.15) is 11.8 Å². The SMILES string of the molecule is COC(=O)[C@@H]1C[C@H](NC(C)(C)C)CC[C@@H]1N1CCC(NC(=O)c2ccc(-c3cccc(C#N)c3)o2)C1=O. The first kappa shape index (κ1) is 26.4. The number of methoxy groups -OCH3 is 1. The maximum Gasteiger partial charge on any atom is 0.310 e. The van der Waals surface area contributed by atoms with Crippen LogP contribution in [0.1, 0.15) is 62.6 Å². The van der Waals surface area contributed by atoms with E-state index in [2.05, 4.69) is 37.5 Å². The van der Waals surface area contributed by atoms with E-state index in [1.54, 1.807) is 41.3 Å². The highest BCUT2D eigenvalue weighted by atomic mass is 16.5. The van der Waals surface area contributed by atoms with Gasteiger partial charge in [0.2, 0.25) is 5.91 Å². The number of rotatable bonds is 6. The van der Waals surface area contributed by atoms with Crippen molar-refractivity contribution in [2.24, 2.45) is 5.92 Å². The molecule has 1 saturated heterocycles. The second kappa shape index (κ2) is 10.8. The molecule has 2 amide bonds. The Balaban J connectivity index is 1.41. The molecule has 2 N–H and O–H groups in total. The molecule has 9 heteroatoms. The molecule has 1 aliphatic carbocycles. The third-order valence-corrected chi connectivity index (χ3v) is 7.01. The van der Waals surface area contributed by atoms with Crippen LogP contribution in [0.3, 0.4) is 0 Å². The van der Waals surface area contributed by atoms with Crippen molar-refractivity contribution in [3.05, 3.63) is 47.7 Å². The Labute approximate surface area is 217 Å². The van der Waals surface area contributed by atoms with Crippen molar-refractivity contribution < 1.29 is 23.5 Å². The van der Waals surface area contributed by atoms with E-state index in [0.717, 1.165) is 6.42 Å². The van der Waals surface area contributed by atoms with Crippen LogP contribution in [0, 0.1) is 17.2 Å². The van der Waals surface area contributed by atoms with E-state index in [1.165, 1.54) is 7.11 Å². The number of hydrogen-bond donors (Lipinski definition) is 2. The summed E-state index contributed by atoms with van der Waals surface area (Å²) in [6.07, 6.45) is 2.58. The van der Waals surface area contributed by atoms with Gasteiger partial charge in [0.05, 0.1) is 24.7 Å². The summed E-state index contributed by atoms with van der Waals surface area (Å²) in [5, 5.41) is 15.5. The molecule has 2 aromatic rings. The zero-order chi connectivity index (χ0) is 26.7. The predicted molar refractivity (Wildman–Crippen MR) is 136 cm³/mol. The Kier molecular flexibility index (Phi) is 7.69. The highest BCUT2D eigenvalue weighted by Crippen LogP contribution is 2.33. The number of nitrogens with one attached hydrogen (secondary N) is 2. The van der Waals surface area contributed by atoms with Crippen LogP contribution in [-0.2, 0) is 14.3 Å². The molecule has 1 aromatic heterocycles. The first-order valence-corrected chi connectivity index (χ1v) is 12.7. The van der Waals surface area contributed by atoms with E-state index in [9.17, 15) is 14.4 Å². The minimum atomic E-state index is -0.688. The third kappa shape index (κ3) is 6.03. The highest BCUT2D eigenvalue weighted by Gasteiger charge is 2.45. The number of ether oxygens (including phenoxy) is 1. The number of benzene rings is 1. The lowest BCUT2D eigenvalue weighted by molar-refractivity contribution is -0.151. The molecule has 4 rings (SSSR count). The number of nitriles is 1. The first-order chi connectivity index (χ1) is 17.6. The number of hydrogen-bond acceptors (Lipinski definition) is 7. The summed E-state index contributed by atoms with van der Waals surface area (Å²) in [6.45, 7) is 6.74. The fourth-order valence-electron chi connectivity index (χ4n) is 5.43. The van der Waals surface area contributed by atoms with Gasteiger partial charge in [-0.2, -0.15) is 5.26 Å². The van der Waals surface area contributed by atoms with Gasteiger partial charge in [0.25, 0.3) is 5.91 Å². The summed E-state index contributed by atoms with van der Waals surface area (Å²) >= 11 is 0. The fraction of sp³-hybridized carbons (Fsp3) is 0.500. The van der Waals surface area contributed by atoms with Crippen molar-refractivity contribution in [2.45, 2.75) is 70.1 Å². The van der Waals surface area contributed by atoms with E-state index in [1.807, 2.05) is 0 Å². The molecule has 4 atom stereocenters. The largest absolute Gasteiger partial charge is 0.469 e.